The fourth-order valence-electron chi connectivity index (χ4n) is 2.72. The molecule has 0 spiro atoms. The standard InChI is InChI=1S/C15H14N3/c1-10-8-11(2)18-14-7-5-4-6-13(14)17(3)15(18)12(10)9-16/h4-8H,1-3H3/q+1. The van der Waals surface area contributed by atoms with Gasteiger partial charge in [-0.15, -0.1) is 0 Å². The Hall–Kier alpha value is -2.34. The van der Waals surface area contributed by atoms with Crippen LogP contribution in [-0.2, 0) is 7.05 Å². The quantitative estimate of drug-likeness (QED) is 0.552. The Bertz CT molecular complexity index is 819. The summed E-state index contributed by atoms with van der Waals surface area (Å²) >= 11 is 0. The summed E-state index contributed by atoms with van der Waals surface area (Å²) in [5, 5.41) is 9.38. The second kappa shape index (κ2) is 3.58. The van der Waals surface area contributed by atoms with E-state index in [1.165, 1.54) is 0 Å². The first-order chi connectivity index (χ1) is 8.65. The summed E-state index contributed by atoms with van der Waals surface area (Å²) < 4.78 is 4.24. The Morgan fingerprint density at radius 2 is 1.94 bits per heavy atom. The van der Waals surface area contributed by atoms with E-state index in [4.69, 9.17) is 0 Å². The predicted octanol–water partition coefficient (Wildman–Crippen LogP) is 2.41. The lowest BCUT2D eigenvalue weighted by Gasteiger charge is -2.00. The highest BCUT2D eigenvalue weighted by Gasteiger charge is 2.22. The van der Waals surface area contributed by atoms with Crippen LogP contribution in [0.4, 0.5) is 0 Å². The van der Waals surface area contributed by atoms with Crippen LogP contribution in [-0.4, -0.2) is 4.40 Å². The van der Waals surface area contributed by atoms with Gasteiger partial charge < -0.3 is 0 Å². The maximum absolute atomic E-state index is 9.38. The van der Waals surface area contributed by atoms with Crippen molar-refractivity contribution in [3.63, 3.8) is 0 Å². The van der Waals surface area contributed by atoms with Crippen LogP contribution in [0.5, 0.6) is 0 Å². The lowest BCUT2D eigenvalue weighted by Crippen LogP contribution is -2.28. The number of aromatic nitrogens is 2. The van der Waals surface area contributed by atoms with Crippen molar-refractivity contribution in [1.82, 2.24) is 4.40 Å². The molecule has 3 aromatic rings. The molecular formula is C15H14N3+. The Labute approximate surface area is 106 Å². The summed E-state index contributed by atoms with van der Waals surface area (Å²) in [6.45, 7) is 4.07. The third kappa shape index (κ3) is 1.20. The van der Waals surface area contributed by atoms with Crippen LogP contribution < -0.4 is 4.57 Å². The van der Waals surface area contributed by atoms with Crippen LogP contribution in [0.25, 0.3) is 16.7 Å². The fourth-order valence-corrected chi connectivity index (χ4v) is 2.72. The van der Waals surface area contributed by atoms with Gasteiger partial charge in [0.15, 0.2) is 11.0 Å². The number of aryl methyl sites for hydroxylation is 3. The van der Waals surface area contributed by atoms with Gasteiger partial charge in [-0.25, -0.2) is 4.57 Å². The molecule has 3 rings (SSSR count). The molecule has 1 aromatic carbocycles. The highest BCUT2D eigenvalue weighted by molar-refractivity contribution is 5.78. The molecule has 0 amide bonds. The number of pyridine rings is 1. The Morgan fingerprint density at radius 3 is 2.67 bits per heavy atom. The number of fused-ring (bicyclic) bond motifs is 3. The number of nitrogens with zero attached hydrogens (tertiary/aromatic N) is 3. The summed E-state index contributed by atoms with van der Waals surface area (Å²) in [7, 11) is 2.01. The minimum Gasteiger partial charge on any atom is -0.225 e. The molecule has 3 heteroatoms. The fraction of sp³-hybridized carbons (Fsp3) is 0.200. The molecule has 0 unspecified atom stereocenters. The summed E-state index contributed by atoms with van der Waals surface area (Å²) in [4.78, 5) is 0. The first-order valence-electron chi connectivity index (χ1n) is 5.94. The van der Waals surface area contributed by atoms with Gasteiger partial charge in [0.2, 0.25) is 0 Å². The summed E-state index contributed by atoms with van der Waals surface area (Å²) in [5.74, 6) is 0. The molecule has 2 aromatic heterocycles. The van der Waals surface area contributed by atoms with Crippen LogP contribution in [0.3, 0.4) is 0 Å². The van der Waals surface area contributed by atoms with Gasteiger partial charge in [0.1, 0.15) is 17.3 Å². The van der Waals surface area contributed by atoms with E-state index in [0.717, 1.165) is 33.5 Å². The average molecular weight is 236 g/mol. The van der Waals surface area contributed by atoms with Crippen molar-refractivity contribution in [1.29, 1.82) is 5.26 Å². The smallest absolute Gasteiger partial charge is 0.225 e. The monoisotopic (exact) mass is 236 g/mol. The van der Waals surface area contributed by atoms with E-state index in [9.17, 15) is 5.26 Å². The van der Waals surface area contributed by atoms with E-state index in [0.29, 0.717) is 0 Å². The van der Waals surface area contributed by atoms with Crippen LogP contribution in [0.15, 0.2) is 30.3 Å². The molecular weight excluding hydrogens is 222 g/mol. The minimum absolute atomic E-state index is 0.749. The molecule has 3 nitrogen and oxygen atoms in total. The van der Waals surface area contributed by atoms with Gasteiger partial charge in [-0.1, -0.05) is 12.1 Å². The number of benzene rings is 1. The lowest BCUT2D eigenvalue weighted by molar-refractivity contribution is -0.618. The largest absolute Gasteiger partial charge is 0.305 e. The van der Waals surface area contributed by atoms with E-state index in [-0.39, 0.29) is 0 Å². The average Bonchev–Trinajstić information content (AvgIpc) is 2.65. The van der Waals surface area contributed by atoms with Crippen molar-refractivity contribution in [2.24, 2.45) is 7.05 Å². The Balaban J connectivity index is 2.72. The zero-order valence-corrected chi connectivity index (χ0v) is 10.7. The molecule has 0 bridgehead atoms. The van der Waals surface area contributed by atoms with Crippen molar-refractivity contribution in [2.45, 2.75) is 13.8 Å². The van der Waals surface area contributed by atoms with Crippen LogP contribution >= 0.6 is 0 Å². The number of hydrogen-bond donors (Lipinski definition) is 0. The number of rotatable bonds is 0. The van der Waals surface area contributed by atoms with Gasteiger partial charge in [-0.3, -0.25) is 0 Å². The van der Waals surface area contributed by atoms with Gasteiger partial charge in [0.05, 0.1) is 7.05 Å². The summed E-state index contributed by atoms with van der Waals surface area (Å²) in [6, 6.07) is 12.6. The van der Waals surface area contributed by atoms with E-state index in [2.05, 4.69) is 40.2 Å². The maximum Gasteiger partial charge on any atom is 0.305 e. The topological polar surface area (TPSA) is 32.1 Å². The number of imidazole rings is 1. The Morgan fingerprint density at radius 1 is 1.22 bits per heavy atom. The molecule has 0 saturated carbocycles. The van der Waals surface area contributed by atoms with Gasteiger partial charge in [-0.2, -0.15) is 9.66 Å². The zero-order chi connectivity index (χ0) is 12.9. The second-order valence-corrected chi connectivity index (χ2v) is 4.66. The van der Waals surface area contributed by atoms with Crippen molar-refractivity contribution < 1.29 is 4.57 Å². The number of nitriles is 1. The van der Waals surface area contributed by atoms with Gasteiger partial charge >= 0.3 is 5.65 Å². The number of para-hydroxylation sites is 2. The first kappa shape index (κ1) is 10.8. The minimum atomic E-state index is 0.749. The molecule has 18 heavy (non-hydrogen) atoms. The van der Waals surface area contributed by atoms with Gasteiger partial charge in [0, 0.05) is 0 Å². The second-order valence-electron chi connectivity index (χ2n) is 4.66. The Kier molecular flexibility index (Phi) is 2.14. The zero-order valence-electron chi connectivity index (χ0n) is 10.7. The van der Waals surface area contributed by atoms with Gasteiger partial charge in [-0.05, 0) is 37.6 Å². The molecule has 0 N–H and O–H groups in total. The maximum atomic E-state index is 9.38. The van der Waals surface area contributed by atoms with Crippen LogP contribution in [0, 0.1) is 25.2 Å². The van der Waals surface area contributed by atoms with Crippen molar-refractivity contribution in [2.75, 3.05) is 0 Å². The normalized spacial score (nSPS) is 11.0. The van der Waals surface area contributed by atoms with E-state index >= 15 is 0 Å². The predicted molar refractivity (Wildman–Crippen MR) is 70.3 cm³/mol. The molecule has 0 fully saturated rings. The summed E-state index contributed by atoms with van der Waals surface area (Å²) in [5.41, 5.74) is 6.18. The van der Waals surface area contributed by atoms with Crippen molar-refractivity contribution in [3.8, 4) is 6.07 Å². The van der Waals surface area contributed by atoms with Gasteiger partial charge in [0.25, 0.3) is 0 Å². The first-order valence-corrected chi connectivity index (χ1v) is 5.94. The van der Waals surface area contributed by atoms with Crippen molar-refractivity contribution >= 4 is 16.7 Å². The third-order valence-corrected chi connectivity index (χ3v) is 3.52. The lowest BCUT2D eigenvalue weighted by atomic mass is 10.1. The third-order valence-electron chi connectivity index (χ3n) is 3.52. The van der Waals surface area contributed by atoms with E-state index in [1.807, 2.05) is 26.1 Å². The summed E-state index contributed by atoms with van der Waals surface area (Å²) in [6.07, 6.45) is 0. The molecule has 0 atom stereocenters. The number of hydrogen-bond acceptors (Lipinski definition) is 1. The van der Waals surface area contributed by atoms with E-state index in [1.54, 1.807) is 0 Å². The highest BCUT2D eigenvalue weighted by atomic mass is 15.1. The molecule has 2 heterocycles. The molecule has 0 radical (unpaired) electrons. The SMILES string of the molecule is Cc1cc(C)n2c3ccccc3[n+](C)c2c1C#N. The van der Waals surface area contributed by atoms with Crippen LogP contribution in [0.1, 0.15) is 16.8 Å². The molecule has 0 aliphatic heterocycles. The van der Waals surface area contributed by atoms with Crippen molar-refractivity contribution in [3.05, 3.63) is 47.2 Å². The van der Waals surface area contributed by atoms with E-state index < -0.39 is 0 Å². The highest BCUT2D eigenvalue weighted by Crippen LogP contribution is 2.21. The molecule has 0 saturated heterocycles. The molecule has 0 aliphatic rings. The molecule has 0 aliphatic carbocycles. The van der Waals surface area contributed by atoms with Crippen LogP contribution in [0.2, 0.25) is 0 Å². The molecule has 88 valence electrons.